The van der Waals surface area contributed by atoms with Crippen LogP contribution in [0.4, 0.5) is 23.4 Å². The number of carbonyl (C=O) groups excluding carboxylic acids is 2. The molecule has 4 rings (SSSR count). The topological polar surface area (TPSA) is 90.8 Å². The Morgan fingerprint density at radius 1 is 1.15 bits per heavy atom. The first-order valence-electron chi connectivity index (χ1n) is 10.2. The van der Waals surface area contributed by atoms with Gasteiger partial charge in [-0.2, -0.15) is 5.10 Å². The second-order valence-electron chi connectivity index (χ2n) is 7.72. The van der Waals surface area contributed by atoms with Crippen molar-refractivity contribution in [3.05, 3.63) is 53.2 Å². The molecule has 3 heterocycles. The van der Waals surface area contributed by atoms with Gasteiger partial charge in [0.05, 0.1) is 18.5 Å². The van der Waals surface area contributed by atoms with Gasteiger partial charge in [-0.25, -0.2) is 32.5 Å². The zero-order valence-corrected chi connectivity index (χ0v) is 17.5. The van der Waals surface area contributed by atoms with E-state index in [9.17, 15) is 22.8 Å². The van der Waals surface area contributed by atoms with E-state index in [1.807, 2.05) is 0 Å². The van der Waals surface area contributed by atoms with Crippen LogP contribution in [-0.4, -0.2) is 59.3 Å². The largest absolute Gasteiger partial charge is 0.354 e. The molecule has 33 heavy (non-hydrogen) atoms. The molecule has 12 heteroatoms. The van der Waals surface area contributed by atoms with Crippen LogP contribution in [0.5, 0.6) is 0 Å². The third-order valence-electron chi connectivity index (χ3n) is 5.73. The lowest BCUT2D eigenvalue weighted by Gasteiger charge is -2.36. The number of hydrazone groups is 1. The Bertz CT molecular complexity index is 1110. The van der Waals surface area contributed by atoms with Gasteiger partial charge in [0.1, 0.15) is 29.8 Å². The number of hydrogen-bond acceptors (Lipinski definition) is 6. The van der Waals surface area contributed by atoms with Crippen molar-refractivity contribution in [1.82, 2.24) is 20.3 Å². The van der Waals surface area contributed by atoms with Crippen molar-refractivity contribution < 1.29 is 27.2 Å². The monoisotopic (exact) mass is 464 g/mol. The van der Waals surface area contributed by atoms with E-state index < -0.39 is 47.4 Å². The maximum atomic E-state index is 15.1. The van der Waals surface area contributed by atoms with Crippen molar-refractivity contribution in [2.24, 2.45) is 11.0 Å². The average Bonchev–Trinajstić information content (AvgIpc) is 3.30. The Morgan fingerprint density at radius 3 is 2.67 bits per heavy atom. The molecule has 1 aromatic heterocycles. The molecule has 2 aromatic rings. The van der Waals surface area contributed by atoms with Gasteiger partial charge in [0, 0.05) is 43.9 Å². The summed E-state index contributed by atoms with van der Waals surface area (Å²) in [5.74, 6) is -5.49. The number of benzene rings is 1. The maximum absolute atomic E-state index is 15.1. The fourth-order valence-corrected chi connectivity index (χ4v) is 4.04. The van der Waals surface area contributed by atoms with Crippen LogP contribution in [0.1, 0.15) is 34.9 Å². The number of carbonyl (C=O) groups is 2. The molecule has 2 aliphatic heterocycles. The molecule has 1 N–H and O–H groups in total. The van der Waals surface area contributed by atoms with Gasteiger partial charge >= 0.3 is 0 Å². The number of hydrogen-bond donors (Lipinski definition) is 1. The average molecular weight is 464 g/mol. The van der Waals surface area contributed by atoms with E-state index in [4.69, 9.17) is 0 Å². The number of halogens is 4. The Hall–Kier alpha value is -3.57. The standard InChI is InChI=1S/C21H20F4N6O2/c1-26-20(32)16-8-18(28-10-27-16)30-5-3-12(15(24)9-30)21(33)31-17(2-4-29-31)13-6-11(22)7-14(23)19(13)25/h4,6-8,10,12,15,17H,2-3,5,9H2,1H3,(H,26,32)/t12-,15+,17-/m1/s1. The summed E-state index contributed by atoms with van der Waals surface area (Å²) in [6, 6.07) is 1.59. The van der Waals surface area contributed by atoms with Crippen LogP contribution < -0.4 is 10.2 Å². The van der Waals surface area contributed by atoms with Crippen molar-refractivity contribution in [3.63, 3.8) is 0 Å². The van der Waals surface area contributed by atoms with Crippen LogP contribution >= 0.6 is 0 Å². The first-order valence-corrected chi connectivity index (χ1v) is 10.2. The molecule has 0 aliphatic carbocycles. The normalized spacial score (nSPS) is 22.5. The first-order chi connectivity index (χ1) is 15.8. The molecular weight excluding hydrogens is 444 g/mol. The van der Waals surface area contributed by atoms with Gasteiger partial charge < -0.3 is 10.2 Å². The number of amides is 2. The van der Waals surface area contributed by atoms with Crippen LogP contribution in [0.3, 0.4) is 0 Å². The molecule has 1 fully saturated rings. The lowest BCUT2D eigenvalue weighted by Crippen LogP contribution is -2.48. The molecule has 0 radical (unpaired) electrons. The molecule has 1 saturated heterocycles. The maximum Gasteiger partial charge on any atom is 0.269 e. The van der Waals surface area contributed by atoms with Crippen molar-refractivity contribution in [1.29, 1.82) is 0 Å². The summed E-state index contributed by atoms with van der Waals surface area (Å²) in [7, 11) is 1.46. The highest BCUT2D eigenvalue weighted by Gasteiger charge is 2.41. The molecule has 174 valence electrons. The molecule has 2 aliphatic rings. The summed E-state index contributed by atoms with van der Waals surface area (Å²) >= 11 is 0. The molecule has 1 aromatic carbocycles. The quantitative estimate of drug-likeness (QED) is 0.554. The predicted octanol–water partition coefficient (Wildman–Crippen LogP) is 2.38. The van der Waals surface area contributed by atoms with E-state index >= 15 is 4.39 Å². The molecule has 3 atom stereocenters. The molecule has 8 nitrogen and oxygen atoms in total. The minimum Gasteiger partial charge on any atom is -0.354 e. The van der Waals surface area contributed by atoms with E-state index in [-0.39, 0.29) is 37.2 Å². The molecule has 0 spiro atoms. The third-order valence-corrected chi connectivity index (χ3v) is 5.73. The summed E-state index contributed by atoms with van der Waals surface area (Å²) in [5.41, 5.74) is -0.233. The SMILES string of the molecule is CNC(=O)c1cc(N2CC[C@@H](C(=O)N3N=CC[C@@H]3c3cc(F)cc(F)c3F)[C@@H](F)C2)ncn1. The van der Waals surface area contributed by atoms with Gasteiger partial charge in [-0.05, 0) is 12.5 Å². The Morgan fingerprint density at radius 2 is 1.94 bits per heavy atom. The zero-order chi connectivity index (χ0) is 23.7. The zero-order valence-electron chi connectivity index (χ0n) is 17.5. The predicted molar refractivity (Wildman–Crippen MR) is 110 cm³/mol. The molecule has 0 unspecified atom stereocenters. The van der Waals surface area contributed by atoms with Crippen LogP contribution in [0, 0.1) is 23.4 Å². The van der Waals surface area contributed by atoms with Crippen LogP contribution in [0.2, 0.25) is 0 Å². The molecule has 0 bridgehead atoms. The summed E-state index contributed by atoms with van der Waals surface area (Å²) in [5, 5.41) is 7.27. The molecular formula is C21H20F4N6O2. The van der Waals surface area contributed by atoms with Gasteiger partial charge in [-0.3, -0.25) is 9.59 Å². The Kier molecular flexibility index (Phi) is 6.25. The van der Waals surface area contributed by atoms with Gasteiger partial charge in [-0.1, -0.05) is 0 Å². The number of nitrogens with zero attached hydrogens (tertiary/aromatic N) is 5. The summed E-state index contributed by atoms with van der Waals surface area (Å²) in [6.07, 6.45) is 1.05. The van der Waals surface area contributed by atoms with Crippen LogP contribution in [-0.2, 0) is 4.79 Å². The van der Waals surface area contributed by atoms with E-state index in [1.54, 1.807) is 4.90 Å². The van der Waals surface area contributed by atoms with Gasteiger partial charge in [-0.15, -0.1) is 0 Å². The highest BCUT2D eigenvalue weighted by atomic mass is 19.2. The van der Waals surface area contributed by atoms with Crippen LogP contribution in [0.25, 0.3) is 0 Å². The number of rotatable bonds is 4. The highest BCUT2D eigenvalue weighted by molar-refractivity contribution is 5.92. The van der Waals surface area contributed by atoms with E-state index in [1.165, 1.54) is 25.7 Å². The second-order valence-corrected chi connectivity index (χ2v) is 7.72. The number of nitrogens with one attached hydrogen (secondary N) is 1. The second kappa shape index (κ2) is 9.12. The van der Waals surface area contributed by atoms with Crippen LogP contribution in [0.15, 0.2) is 29.6 Å². The fourth-order valence-electron chi connectivity index (χ4n) is 4.04. The lowest BCUT2D eigenvalue weighted by atomic mass is 9.92. The summed E-state index contributed by atoms with van der Waals surface area (Å²) in [6.45, 7) is 0.0813. The third kappa shape index (κ3) is 4.37. The minimum atomic E-state index is -1.62. The summed E-state index contributed by atoms with van der Waals surface area (Å²) in [4.78, 5) is 34.4. The number of piperidine rings is 1. The number of aromatic nitrogens is 2. The van der Waals surface area contributed by atoms with Crippen molar-refractivity contribution in [2.45, 2.75) is 25.1 Å². The Labute approximate surface area is 186 Å². The van der Waals surface area contributed by atoms with Gasteiger partial charge in [0.25, 0.3) is 5.91 Å². The minimum absolute atomic E-state index is 0.0462. The summed E-state index contributed by atoms with van der Waals surface area (Å²) < 4.78 is 56.7. The molecule has 2 amide bonds. The fraction of sp³-hybridized carbons (Fsp3) is 0.381. The van der Waals surface area contributed by atoms with Crippen molar-refractivity contribution >= 4 is 23.8 Å². The number of alkyl halides is 1. The van der Waals surface area contributed by atoms with E-state index in [0.717, 1.165) is 11.1 Å². The van der Waals surface area contributed by atoms with E-state index in [0.29, 0.717) is 11.9 Å². The van der Waals surface area contributed by atoms with Gasteiger partial charge in [0.2, 0.25) is 5.91 Å². The molecule has 0 saturated carbocycles. The number of anilines is 1. The Balaban J connectivity index is 1.49. The highest BCUT2D eigenvalue weighted by Crippen LogP contribution is 2.35. The van der Waals surface area contributed by atoms with E-state index in [2.05, 4.69) is 20.4 Å². The van der Waals surface area contributed by atoms with Gasteiger partial charge in [0.15, 0.2) is 11.6 Å². The first kappa shape index (κ1) is 22.6. The van der Waals surface area contributed by atoms with Crippen molar-refractivity contribution in [3.8, 4) is 0 Å². The van der Waals surface area contributed by atoms with Crippen molar-refractivity contribution in [2.75, 3.05) is 25.0 Å². The smallest absolute Gasteiger partial charge is 0.269 e. The lowest BCUT2D eigenvalue weighted by molar-refractivity contribution is -0.140.